The van der Waals surface area contributed by atoms with Crippen LogP contribution in [0.15, 0.2) is 49.9 Å². The Morgan fingerprint density at radius 1 is 0.955 bits per heavy atom. The van der Waals surface area contributed by atoms with Crippen molar-refractivity contribution in [1.29, 1.82) is 0 Å². The first-order chi connectivity index (χ1) is 10.7. The van der Waals surface area contributed by atoms with Gasteiger partial charge < -0.3 is 0 Å². The van der Waals surface area contributed by atoms with Crippen LogP contribution in [0.5, 0.6) is 0 Å². The van der Waals surface area contributed by atoms with Crippen LogP contribution in [0.1, 0.15) is 48.1 Å². The van der Waals surface area contributed by atoms with Gasteiger partial charge in [-0.2, -0.15) is 0 Å². The van der Waals surface area contributed by atoms with Gasteiger partial charge in [0, 0.05) is 6.20 Å². The van der Waals surface area contributed by atoms with Crippen LogP contribution in [0.4, 0.5) is 0 Å². The van der Waals surface area contributed by atoms with Crippen molar-refractivity contribution in [2.75, 3.05) is 0 Å². The largest absolute Gasteiger partial charge is 0.245 e. The first kappa shape index (κ1) is 14.7. The number of allylic oxidation sites excluding steroid dienone is 2. The third-order valence-corrected chi connectivity index (χ3v) is 4.43. The van der Waals surface area contributed by atoms with E-state index in [0.29, 0.717) is 0 Å². The average molecular weight is 290 g/mol. The molecule has 0 amide bonds. The number of nitrogens with zero attached hydrogens (tertiary/aromatic N) is 2. The SMILES string of the molecule is C=C(CCC(=C)c1ccncn1)c1ccc2c(c1)CCCC2. The summed E-state index contributed by atoms with van der Waals surface area (Å²) < 4.78 is 0. The van der Waals surface area contributed by atoms with E-state index >= 15 is 0 Å². The molecule has 1 aromatic heterocycles. The number of aryl methyl sites for hydroxylation is 2. The average Bonchev–Trinajstić information content (AvgIpc) is 2.59. The summed E-state index contributed by atoms with van der Waals surface area (Å²) in [5.74, 6) is 0. The predicted octanol–water partition coefficient (Wildman–Crippen LogP) is 4.86. The fourth-order valence-electron chi connectivity index (χ4n) is 3.03. The van der Waals surface area contributed by atoms with Crippen LogP contribution in [-0.4, -0.2) is 9.97 Å². The number of hydrogen-bond acceptors (Lipinski definition) is 2. The molecule has 1 aliphatic carbocycles. The van der Waals surface area contributed by atoms with Crippen LogP contribution in [0, 0.1) is 0 Å². The quantitative estimate of drug-likeness (QED) is 0.785. The van der Waals surface area contributed by atoms with Gasteiger partial charge in [-0.25, -0.2) is 9.97 Å². The minimum absolute atomic E-state index is 0.882. The monoisotopic (exact) mass is 290 g/mol. The van der Waals surface area contributed by atoms with Gasteiger partial charge in [0.2, 0.25) is 0 Å². The Labute approximate surface area is 132 Å². The van der Waals surface area contributed by atoms with Gasteiger partial charge in [0.05, 0.1) is 5.69 Å². The second kappa shape index (κ2) is 6.69. The normalized spacial score (nSPS) is 13.5. The van der Waals surface area contributed by atoms with E-state index in [1.165, 1.54) is 47.9 Å². The highest BCUT2D eigenvalue weighted by Crippen LogP contribution is 2.28. The molecular formula is C20H22N2. The lowest BCUT2D eigenvalue weighted by Gasteiger charge is -2.17. The Morgan fingerprint density at radius 3 is 2.50 bits per heavy atom. The van der Waals surface area contributed by atoms with Crippen LogP contribution in [0.3, 0.4) is 0 Å². The van der Waals surface area contributed by atoms with Gasteiger partial charge in [0.1, 0.15) is 6.33 Å². The summed E-state index contributed by atoms with van der Waals surface area (Å²) >= 11 is 0. The van der Waals surface area contributed by atoms with Gasteiger partial charge in [-0.1, -0.05) is 31.4 Å². The number of benzene rings is 1. The number of hydrogen-bond donors (Lipinski definition) is 0. The first-order valence-electron chi connectivity index (χ1n) is 7.98. The Kier molecular flexibility index (Phi) is 4.47. The summed E-state index contributed by atoms with van der Waals surface area (Å²) in [5, 5.41) is 0. The van der Waals surface area contributed by atoms with E-state index in [1.54, 1.807) is 12.5 Å². The molecule has 0 unspecified atom stereocenters. The molecule has 0 bridgehead atoms. The highest BCUT2D eigenvalue weighted by atomic mass is 14.8. The van der Waals surface area contributed by atoms with Crippen molar-refractivity contribution in [2.24, 2.45) is 0 Å². The summed E-state index contributed by atoms with van der Waals surface area (Å²) in [6, 6.07) is 8.75. The van der Waals surface area contributed by atoms with Gasteiger partial charge in [-0.15, -0.1) is 0 Å². The molecule has 1 aromatic carbocycles. The van der Waals surface area contributed by atoms with Crippen molar-refractivity contribution in [3.05, 3.63) is 72.3 Å². The molecule has 112 valence electrons. The molecule has 0 N–H and O–H groups in total. The molecule has 0 radical (unpaired) electrons. The van der Waals surface area contributed by atoms with E-state index in [2.05, 4.69) is 41.3 Å². The summed E-state index contributed by atoms with van der Waals surface area (Å²) in [6.45, 7) is 8.40. The van der Waals surface area contributed by atoms with E-state index in [1.807, 2.05) is 6.07 Å². The van der Waals surface area contributed by atoms with Crippen molar-refractivity contribution in [1.82, 2.24) is 9.97 Å². The molecule has 0 aliphatic heterocycles. The third-order valence-electron chi connectivity index (χ3n) is 4.43. The Morgan fingerprint density at radius 2 is 1.73 bits per heavy atom. The zero-order valence-electron chi connectivity index (χ0n) is 13.0. The molecule has 0 spiro atoms. The van der Waals surface area contributed by atoms with Crippen molar-refractivity contribution in [2.45, 2.75) is 38.5 Å². The summed E-state index contributed by atoms with van der Waals surface area (Å²) in [7, 11) is 0. The lowest BCUT2D eigenvalue weighted by atomic mass is 9.88. The summed E-state index contributed by atoms with van der Waals surface area (Å²) in [5.41, 5.74) is 7.46. The lowest BCUT2D eigenvalue weighted by molar-refractivity contribution is 0.685. The van der Waals surface area contributed by atoms with E-state index < -0.39 is 0 Å². The molecule has 22 heavy (non-hydrogen) atoms. The molecule has 0 fully saturated rings. The van der Waals surface area contributed by atoms with Crippen molar-refractivity contribution in [3.63, 3.8) is 0 Å². The lowest BCUT2D eigenvalue weighted by Crippen LogP contribution is -2.03. The van der Waals surface area contributed by atoms with Gasteiger partial charge >= 0.3 is 0 Å². The molecule has 2 nitrogen and oxygen atoms in total. The highest BCUT2D eigenvalue weighted by Gasteiger charge is 2.11. The van der Waals surface area contributed by atoms with E-state index in [9.17, 15) is 0 Å². The number of fused-ring (bicyclic) bond motifs is 1. The van der Waals surface area contributed by atoms with Crippen LogP contribution in [-0.2, 0) is 12.8 Å². The first-order valence-corrected chi connectivity index (χ1v) is 7.98. The van der Waals surface area contributed by atoms with Gasteiger partial charge in [-0.3, -0.25) is 0 Å². The fourth-order valence-corrected chi connectivity index (χ4v) is 3.03. The molecule has 0 saturated heterocycles. The second-order valence-electron chi connectivity index (χ2n) is 5.99. The van der Waals surface area contributed by atoms with Gasteiger partial charge in [0.25, 0.3) is 0 Å². The molecule has 2 aromatic rings. The molecule has 0 atom stereocenters. The topological polar surface area (TPSA) is 25.8 Å². The maximum absolute atomic E-state index is 4.27. The van der Waals surface area contributed by atoms with E-state index in [0.717, 1.165) is 24.1 Å². The van der Waals surface area contributed by atoms with E-state index in [-0.39, 0.29) is 0 Å². The molecule has 3 rings (SSSR count). The minimum Gasteiger partial charge on any atom is -0.245 e. The van der Waals surface area contributed by atoms with Crippen LogP contribution in [0.25, 0.3) is 11.1 Å². The second-order valence-corrected chi connectivity index (χ2v) is 5.99. The zero-order valence-corrected chi connectivity index (χ0v) is 13.0. The molecule has 0 saturated carbocycles. The van der Waals surface area contributed by atoms with Gasteiger partial charge in [-0.05, 0) is 72.4 Å². The minimum atomic E-state index is 0.882. The van der Waals surface area contributed by atoms with Crippen molar-refractivity contribution < 1.29 is 0 Å². The Bertz CT molecular complexity index is 686. The highest BCUT2D eigenvalue weighted by molar-refractivity contribution is 5.68. The van der Waals surface area contributed by atoms with Crippen LogP contribution >= 0.6 is 0 Å². The maximum Gasteiger partial charge on any atom is 0.116 e. The summed E-state index contributed by atoms with van der Waals surface area (Å²) in [4.78, 5) is 8.19. The van der Waals surface area contributed by atoms with Crippen molar-refractivity contribution >= 4 is 11.1 Å². The molecule has 2 heteroatoms. The fraction of sp³-hybridized carbons (Fsp3) is 0.300. The number of rotatable bonds is 5. The van der Waals surface area contributed by atoms with Gasteiger partial charge in [0.15, 0.2) is 0 Å². The van der Waals surface area contributed by atoms with Crippen molar-refractivity contribution in [3.8, 4) is 0 Å². The maximum atomic E-state index is 4.27. The molecular weight excluding hydrogens is 268 g/mol. The van der Waals surface area contributed by atoms with Crippen LogP contribution < -0.4 is 0 Å². The Hall–Kier alpha value is -2.22. The number of aromatic nitrogens is 2. The Balaban J connectivity index is 1.64. The molecule has 1 aliphatic rings. The van der Waals surface area contributed by atoms with E-state index in [4.69, 9.17) is 0 Å². The third kappa shape index (κ3) is 3.33. The smallest absolute Gasteiger partial charge is 0.116 e. The standard InChI is InChI=1S/C20H22N2/c1-15(7-8-16(2)20-11-12-21-14-22-20)18-10-9-17-5-3-4-6-19(17)13-18/h9-14H,1-8H2. The molecule has 1 heterocycles. The zero-order chi connectivity index (χ0) is 15.4. The predicted molar refractivity (Wildman–Crippen MR) is 92.4 cm³/mol. The van der Waals surface area contributed by atoms with Crippen LogP contribution in [0.2, 0.25) is 0 Å². The summed E-state index contributed by atoms with van der Waals surface area (Å²) in [6.07, 6.45) is 10.2.